The molecule has 54 heavy (non-hydrogen) atoms. The molecule has 7 aromatic rings. The van der Waals surface area contributed by atoms with Gasteiger partial charge in [0.1, 0.15) is 40.2 Å². The zero-order valence-electron chi connectivity index (χ0n) is 29.6. The Morgan fingerprint density at radius 2 is 0.722 bits per heavy atom. The van der Waals surface area contributed by atoms with E-state index in [-0.39, 0.29) is 11.6 Å². The lowest BCUT2D eigenvalue weighted by Crippen LogP contribution is -2.01. The quantitative estimate of drug-likeness (QED) is 0.0985. The molecule has 0 aliphatic rings. The Morgan fingerprint density at radius 3 is 1.13 bits per heavy atom. The second kappa shape index (κ2) is 16.3. The van der Waals surface area contributed by atoms with E-state index in [0.29, 0.717) is 56.8 Å². The van der Waals surface area contributed by atoms with Crippen molar-refractivity contribution in [3.8, 4) is 52.1 Å². The van der Waals surface area contributed by atoms with Crippen LogP contribution in [0.1, 0.15) is 48.5 Å². The van der Waals surface area contributed by atoms with Crippen LogP contribution < -0.4 is 18.9 Å². The molecule has 6 nitrogen and oxygen atoms in total. The molecule has 0 aliphatic carbocycles. The molecule has 0 radical (unpaired) electrons. The Kier molecular flexibility index (Phi) is 10.6. The van der Waals surface area contributed by atoms with Crippen molar-refractivity contribution < 1.29 is 28.5 Å². The Hall–Kier alpha value is -7.36. The molecule has 0 spiro atoms. The van der Waals surface area contributed by atoms with Gasteiger partial charge < -0.3 is 18.9 Å². The van der Waals surface area contributed by atoms with Gasteiger partial charge in [-0.15, -0.1) is 0 Å². The standard InChI is InChI=1S/C48H34O6/c1-33-12-16-36(17-13-33)47(49)37-20-26-41(27-21-37)53-45-10-5-11-46(32-45)54-42-28-22-39(23-29-42)48(50)38-18-24-40(25-19-38)52-44-9-4-7-35(31-44)15-14-34-6-3-8-43(30-34)51-2/h3-13,16-32H,1-2H3. The summed E-state index contributed by atoms with van der Waals surface area (Å²) in [5.74, 6) is 10.5. The maximum atomic E-state index is 13.3. The zero-order chi connectivity index (χ0) is 37.3. The lowest BCUT2D eigenvalue weighted by Gasteiger charge is -2.10. The van der Waals surface area contributed by atoms with Crippen molar-refractivity contribution in [2.75, 3.05) is 7.11 Å². The summed E-state index contributed by atoms with van der Waals surface area (Å²) in [6, 6.07) is 51.0. The third-order valence-corrected chi connectivity index (χ3v) is 8.43. The summed E-state index contributed by atoms with van der Waals surface area (Å²) in [7, 11) is 1.63. The van der Waals surface area contributed by atoms with Crippen LogP contribution in [-0.2, 0) is 0 Å². The molecule has 7 aromatic carbocycles. The average molecular weight is 707 g/mol. The molecule has 0 N–H and O–H groups in total. The Labute approximate surface area is 314 Å². The van der Waals surface area contributed by atoms with Crippen LogP contribution in [0.4, 0.5) is 0 Å². The molecule has 0 fully saturated rings. The number of hydrogen-bond acceptors (Lipinski definition) is 6. The van der Waals surface area contributed by atoms with Crippen molar-refractivity contribution in [3.05, 3.63) is 209 Å². The van der Waals surface area contributed by atoms with E-state index in [9.17, 15) is 9.59 Å². The number of carbonyl (C=O) groups is 2. The van der Waals surface area contributed by atoms with E-state index in [1.807, 2.05) is 97.9 Å². The lowest BCUT2D eigenvalue weighted by atomic mass is 10.0. The van der Waals surface area contributed by atoms with Crippen LogP contribution in [0, 0.1) is 18.8 Å². The third-order valence-electron chi connectivity index (χ3n) is 8.43. The first-order valence-corrected chi connectivity index (χ1v) is 17.2. The van der Waals surface area contributed by atoms with Crippen LogP contribution in [0.15, 0.2) is 170 Å². The molecule has 0 saturated heterocycles. The molecule has 0 saturated carbocycles. The van der Waals surface area contributed by atoms with Crippen LogP contribution in [0.2, 0.25) is 0 Å². The lowest BCUT2D eigenvalue weighted by molar-refractivity contribution is 0.103. The monoisotopic (exact) mass is 706 g/mol. The molecule has 0 heterocycles. The summed E-state index contributed by atoms with van der Waals surface area (Å²) < 4.78 is 23.4. The summed E-state index contributed by atoms with van der Waals surface area (Å²) in [5, 5.41) is 0. The minimum absolute atomic E-state index is 0.0425. The molecule has 0 aromatic heterocycles. The molecule has 0 atom stereocenters. The Morgan fingerprint density at radius 1 is 0.389 bits per heavy atom. The second-order valence-corrected chi connectivity index (χ2v) is 12.4. The van der Waals surface area contributed by atoms with E-state index in [2.05, 4.69) is 11.8 Å². The van der Waals surface area contributed by atoms with Gasteiger partial charge in [0, 0.05) is 39.4 Å². The molecule has 7 rings (SSSR count). The minimum Gasteiger partial charge on any atom is -0.497 e. The van der Waals surface area contributed by atoms with Crippen molar-refractivity contribution >= 4 is 11.6 Å². The number of benzene rings is 7. The first-order chi connectivity index (χ1) is 26.4. The van der Waals surface area contributed by atoms with Gasteiger partial charge in [-0.3, -0.25) is 9.59 Å². The highest BCUT2D eigenvalue weighted by molar-refractivity contribution is 6.09. The van der Waals surface area contributed by atoms with Crippen molar-refractivity contribution in [2.45, 2.75) is 6.92 Å². The third kappa shape index (κ3) is 8.92. The first kappa shape index (κ1) is 35.1. The van der Waals surface area contributed by atoms with Gasteiger partial charge in [-0.05, 0) is 128 Å². The predicted octanol–water partition coefficient (Wildman–Crippen LogP) is 11.2. The van der Waals surface area contributed by atoms with Crippen molar-refractivity contribution in [1.82, 2.24) is 0 Å². The van der Waals surface area contributed by atoms with E-state index >= 15 is 0 Å². The first-order valence-electron chi connectivity index (χ1n) is 17.2. The number of ketones is 2. The smallest absolute Gasteiger partial charge is 0.193 e. The summed E-state index contributed by atoms with van der Waals surface area (Å²) in [6.07, 6.45) is 0. The van der Waals surface area contributed by atoms with E-state index in [1.54, 1.807) is 86.0 Å². The number of ether oxygens (including phenoxy) is 4. The minimum atomic E-state index is -0.120. The number of methoxy groups -OCH3 is 1. The van der Waals surface area contributed by atoms with Gasteiger partial charge in [-0.2, -0.15) is 0 Å². The van der Waals surface area contributed by atoms with E-state index in [0.717, 1.165) is 22.4 Å². The number of hydrogen-bond donors (Lipinski definition) is 0. The van der Waals surface area contributed by atoms with Crippen LogP contribution >= 0.6 is 0 Å². The van der Waals surface area contributed by atoms with Crippen LogP contribution in [-0.4, -0.2) is 18.7 Å². The van der Waals surface area contributed by atoms with Gasteiger partial charge in [0.05, 0.1) is 7.11 Å². The van der Waals surface area contributed by atoms with Crippen molar-refractivity contribution in [3.63, 3.8) is 0 Å². The van der Waals surface area contributed by atoms with E-state index in [4.69, 9.17) is 18.9 Å². The second-order valence-electron chi connectivity index (χ2n) is 12.4. The number of aryl methyl sites for hydroxylation is 1. The van der Waals surface area contributed by atoms with Crippen LogP contribution in [0.3, 0.4) is 0 Å². The van der Waals surface area contributed by atoms with Gasteiger partial charge in [-0.25, -0.2) is 0 Å². The summed E-state index contributed by atoms with van der Waals surface area (Å²) in [5.41, 5.74) is 5.06. The van der Waals surface area contributed by atoms with Gasteiger partial charge in [-0.1, -0.05) is 59.9 Å². The summed E-state index contributed by atoms with van der Waals surface area (Å²) in [6.45, 7) is 1.99. The average Bonchev–Trinajstić information content (AvgIpc) is 3.21. The fourth-order valence-corrected chi connectivity index (χ4v) is 5.55. The molecular weight excluding hydrogens is 673 g/mol. The molecular formula is C48H34O6. The highest BCUT2D eigenvalue weighted by Crippen LogP contribution is 2.30. The fourth-order valence-electron chi connectivity index (χ4n) is 5.55. The zero-order valence-corrected chi connectivity index (χ0v) is 29.6. The number of carbonyl (C=O) groups excluding carboxylic acids is 2. The van der Waals surface area contributed by atoms with Crippen molar-refractivity contribution in [2.24, 2.45) is 0 Å². The van der Waals surface area contributed by atoms with Gasteiger partial charge >= 0.3 is 0 Å². The molecule has 0 amide bonds. The van der Waals surface area contributed by atoms with E-state index < -0.39 is 0 Å². The highest BCUT2D eigenvalue weighted by Gasteiger charge is 2.12. The summed E-state index contributed by atoms with van der Waals surface area (Å²) in [4.78, 5) is 26.1. The molecule has 0 aliphatic heterocycles. The maximum Gasteiger partial charge on any atom is 0.193 e. The Balaban J connectivity index is 0.936. The van der Waals surface area contributed by atoms with Gasteiger partial charge in [0.15, 0.2) is 11.6 Å². The van der Waals surface area contributed by atoms with Crippen LogP contribution in [0.25, 0.3) is 0 Å². The highest BCUT2D eigenvalue weighted by atomic mass is 16.5. The summed E-state index contributed by atoms with van der Waals surface area (Å²) >= 11 is 0. The molecule has 0 bridgehead atoms. The largest absolute Gasteiger partial charge is 0.497 e. The molecule has 262 valence electrons. The Bertz CT molecular complexity index is 2470. The topological polar surface area (TPSA) is 71.1 Å². The SMILES string of the molecule is COc1cccc(C#Cc2cccc(Oc3ccc(C(=O)c4ccc(Oc5cccc(Oc6ccc(C(=O)c7ccc(C)cc7)cc6)c5)cc4)cc3)c2)c1. The van der Waals surface area contributed by atoms with Gasteiger partial charge in [0.2, 0.25) is 0 Å². The van der Waals surface area contributed by atoms with Crippen LogP contribution in [0.5, 0.6) is 40.2 Å². The number of rotatable bonds is 11. The predicted molar refractivity (Wildman–Crippen MR) is 209 cm³/mol. The van der Waals surface area contributed by atoms with Crippen molar-refractivity contribution in [1.29, 1.82) is 0 Å². The normalized spacial score (nSPS) is 10.4. The maximum absolute atomic E-state index is 13.3. The van der Waals surface area contributed by atoms with Gasteiger partial charge in [0.25, 0.3) is 0 Å². The molecule has 0 unspecified atom stereocenters. The molecule has 6 heteroatoms. The fraction of sp³-hybridized carbons (Fsp3) is 0.0417. The van der Waals surface area contributed by atoms with E-state index in [1.165, 1.54) is 0 Å².